The van der Waals surface area contributed by atoms with Crippen LogP contribution in [-0.2, 0) is 56.8 Å². The smallest absolute Gasteiger partial charge is 0.338 e. The van der Waals surface area contributed by atoms with Crippen molar-refractivity contribution >= 4 is 5.97 Å². The van der Waals surface area contributed by atoms with Crippen LogP contribution in [0, 0.1) is 16.7 Å². The highest BCUT2D eigenvalue weighted by Gasteiger charge is 2.81. The lowest BCUT2D eigenvalue weighted by molar-refractivity contribution is -0.373. The van der Waals surface area contributed by atoms with Gasteiger partial charge in [0.2, 0.25) is 0 Å². The van der Waals surface area contributed by atoms with Gasteiger partial charge in [-0.1, -0.05) is 43.7 Å². The molecule has 1 aromatic rings. The van der Waals surface area contributed by atoms with E-state index >= 15 is 0 Å². The molecule has 0 amide bonds. The zero-order chi connectivity index (χ0) is 55.7. The summed E-state index contributed by atoms with van der Waals surface area (Å²) in [5.74, 6) is -1.19. The molecule has 4 saturated heterocycles. The Balaban J connectivity index is 0.816. The van der Waals surface area contributed by atoms with Gasteiger partial charge in [-0.15, -0.1) is 0 Å². The largest absolute Gasteiger partial charge is 0.458 e. The molecule has 0 radical (unpaired) electrons. The molecule has 0 bridgehead atoms. The first-order valence-corrected chi connectivity index (χ1v) is 27.4. The topological polar surface area (TPSA) is 310 Å². The number of methoxy groups -OCH3 is 3. The lowest BCUT2D eigenvalue weighted by Gasteiger charge is -2.67. The van der Waals surface area contributed by atoms with E-state index < -0.39 is 169 Å². The Morgan fingerprint density at radius 3 is 1.91 bits per heavy atom. The maximum absolute atomic E-state index is 13.8. The molecule has 22 heteroatoms. The molecule has 7 fully saturated rings. The number of esters is 1. The fraction of sp³-hybridized carbons (Fsp3) is 0.836. The first-order chi connectivity index (χ1) is 36.4. The van der Waals surface area contributed by atoms with Gasteiger partial charge in [-0.25, -0.2) is 4.79 Å². The molecule has 1 aromatic carbocycles. The van der Waals surface area contributed by atoms with E-state index in [0.29, 0.717) is 31.2 Å². The summed E-state index contributed by atoms with van der Waals surface area (Å²) in [6, 6.07) is 8.52. The summed E-state index contributed by atoms with van der Waals surface area (Å²) in [6.07, 6.45) is -16.4. The number of rotatable bonds is 15. The minimum Gasteiger partial charge on any atom is -0.458 e. The Labute approximate surface area is 449 Å². The average molecular weight is 1100 g/mol. The fourth-order valence-electron chi connectivity index (χ4n) is 14.9. The lowest BCUT2D eigenvalue weighted by atomic mass is 9.42. The second-order valence-electron chi connectivity index (χ2n) is 23.4. The van der Waals surface area contributed by atoms with Crippen LogP contribution < -0.4 is 0 Å². The van der Waals surface area contributed by atoms with E-state index in [0.717, 1.165) is 5.57 Å². The Morgan fingerprint density at radius 2 is 1.30 bits per heavy atom. The van der Waals surface area contributed by atoms with Crippen LogP contribution in [-0.4, -0.2) is 226 Å². The monoisotopic (exact) mass is 1100 g/mol. The molecule has 4 aliphatic carbocycles. The predicted octanol–water partition coefficient (Wildman–Crippen LogP) is 0.888. The van der Waals surface area contributed by atoms with Gasteiger partial charge in [-0.3, -0.25) is 0 Å². The van der Waals surface area contributed by atoms with Gasteiger partial charge in [0.05, 0.1) is 60.3 Å². The molecule has 3 saturated carbocycles. The second kappa shape index (κ2) is 22.8. The number of aliphatic hydroxyl groups is 9. The van der Waals surface area contributed by atoms with Crippen molar-refractivity contribution in [3.05, 3.63) is 47.5 Å². The number of carbonyl (C=O) groups excluding carboxylic acids is 1. The molecule has 27 unspecified atom stereocenters. The third-order valence-corrected chi connectivity index (χ3v) is 19.5. The molecule has 77 heavy (non-hydrogen) atoms. The number of ether oxygens (including phenoxy) is 12. The molecule has 9 N–H and O–H groups in total. The molecule has 4 heterocycles. The van der Waals surface area contributed by atoms with Crippen molar-refractivity contribution < 1.29 is 108 Å². The van der Waals surface area contributed by atoms with Gasteiger partial charge in [-0.05, 0) is 90.2 Å². The minimum atomic E-state index is -1.93. The van der Waals surface area contributed by atoms with Crippen LogP contribution in [0.5, 0.6) is 0 Å². The summed E-state index contributed by atoms with van der Waals surface area (Å²) >= 11 is 0. The summed E-state index contributed by atoms with van der Waals surface area (Å²) < 4.78 is 74.2. The highest BCUT2D eigenvalue weighted by atomic mass is 16.8. The van der Waals surface area contributed by atoms with Gasteiger partial charge in [0.25, 0.3) is 0 Å². The number of aliphatic hydroxyl groups excluding tert-OH is 6. The summed E-state index contributed by atoms with van der Waals surface area (Å²) in [6.45, 7) is 9.88. The number of hydrogen-bond donors (Lipinski definition) is 9. The zero-order valence-electron chi connectivity index (χ0n) is 45.6. The van der Waals surface area contributed by atoms with Crippen LogP contribution >= 0.6 is 0 Å². The molecule has 0 spiro atoms. The minimum absolute atomic E-state index is 0.00104. The van der Waals surface area contributed by atoms with Gasteiger partial charge in [-0.2, -0.15) is 0 Å². The standard InChI is InChI=1S/C55H84O22/c1-26-44(75-39-23-34(67-8)45(27(2)70-39)76-50-43(61)47(68-9)46(28(3)71-50)77-49-42(60)41(59)40(58)35(25-56)73-49)33(66-7)22-38(69-26)72-32-16-17-51(5)31(21-32)15-18-54(64)36(51)24-37(74-48(62)30-13-11-10-12-14-30)52(6)53(63,29(4)57)19-20-55(52,54)65/h10-15,26-29,32-47,49-50,56-61,63-65H,16-25H2,1-9H3. The van der Waals surface area contributed by atoms with Gasteiger partial charge in [0, 0.05) is 40.1 Å². The predicted molar refractivity (Wildman–Crippen MR) is 266 cm³/mol. The number of carbonyl (C=O) groups is 1. The van der Waals surface area contributed by atoms with Gasteiger partial charge < -0.3 is 103 Å². The van der Waals surface area contributed by atoms with E-state index in [1.165, 1.54) is 21.1 Å². The average Bonchev–Trinajstić information content (AvgIpc) is 3.83. The summed E-state index contributed by atoms with van der Waals surface area (Å²) in [4.78, 5) is 13.8. The molecule has 9 rings (SSSR count). The van der Waals surface area contributed by atoms with Gasteiger partial charge in [0.1, 0.15) is 77.8 Å². The van der Waals surface area contributed by atoms with Crippen LogP contribution in [0.1, 0.15) is 110 Å². The molecule has 436 valence electrons. The second-order valence-corrected chi connectivity index (χ2v) is 23.4. The summed E-state index contributed by atoms with van der Waals surface area (Å²) in [7, 11) is 4.50. The quantitative estimate of drug-likeness (QED) is 0.0870. The number of benzene rings is 1. The van der Waals surface area contributed by atoms with Gasteiger partial charge in [0.15, 0.2) is 25.2 Å². The zero-order valence-corrected chi connectivity index (χ0v) is 45.6. The van der Waals surface area contributed by atoms with Crippen LogP contribution in [0.2, 0.25) is 0 Å². The van der Waals surface area contributed by atoms with Crippen molar-refractivity contribution in [2.75, 3.05) is 27.9 Å². The molecular weight excluding hydrogens is 1010 g/mol. The Bertz CT molecular complexity index is 2210. The van der Waals surface area contributed by atoms with Crippen molar-refractivity contribution in [3.8, 4) is 0 Å². The van der Waals surface area contributed by atoms with Crippen molar-refractivity contribution in [2.24, 2.45) is 16.7 Å². The molecular formula is C55H84O22. The number of hydrogen-bond acceptors (Lipinski definition) is 22. The van der Waals surface area contributed by atoms with E-state index in [9.17, 15) is 50.8 Å². The fourth-order valence-corrected chi connectivity index (χ4v) is 14.9. The highest BCUT2D eigenvalue weighted by Crippen LogP contribution is 2.71. The molecule has 4 aliphatic heterocycles. The molecule has 0 aromatic heterocycles. The Morgan fingerprint density at radius 1 is 0.701 bits per heavy atom. The van der Waals surface area contributed by atoms with Crippen LogP contribution in [0.3, 0.4) is 0 Å². The SMILES string of the molecule is COC1CC(OC2CCC3(C)C(=CCC4(O)C3CC(OC(=O)c3ccccc3)C3(C)C(O)(C(C)O)CCC43O)C2)OC(C)C1OC1CC(OC)C(OC2OC(C)C(OC3OC(CO)C(O)C(O)C3O)C(OC)C2O)C(C)O1. The molecule has 22 nitrogen and oxygen atoms in total. The van der Waals surface area contributed by atoms with Crippen molar-refractivity contribution in [1.82, 2.24) is 0 Å². The first-order valence-electron chi connectivity index (χ1n) is 27.4. The van der Waals surface area contributed by atoms with Crippen LogP contribution in [0.15, 0.2) is 42.0 Å². The van der Waals surface area contributed by atoms with Crippen molar-refractivity contribution in [1.29, 1.82) is 0 Å². The Kier molecular flexibility index (Phi) is 17.5. The van der Waals surface area contributed by atoms with E-state index in [2.05, 4.69) is 6.92 Å². The van der Waals surface area contributed by atoms with E-state index in [4.69, 9.17) is 56.8 Å². The lowest BCUT2D eigenvalue weighted by Crippen LogP contribution is -2.78. The third kappa shape index (κ3) is 10.1. The summed E-state index contributed by atoms with van der Waals surface area (Å²) in [5, 5.41) is 102. The Hall–Kier alpha value is -2.37. The van der Waals surface area contributed by atoms with E-state index in [-0.39, 0.29) is 38.2 Å². The van der Waals surface area contributed by atoms with Crippen LogP contribution in [0.25, 0.3) is 0 Å². The highest BCUT2D eigenvalue weighted by molar-refractivity contribution is 5.89. The summed E-state index contributed by atoms with van der Waals surface area (Å²) in [5.41, 5.74) is -6.41. The third-order valence-electron chi connectivity index (χ3n) is 19.5. The normalized spacial score (nSPS) is 50.4. The van der Waals surface area contributed by atoms with Crippen molar-refractivity contribution in [2.45, 2.75) is 245 Å². The first kappa shape index (κ1) is 59.3. The molecule has 27 atom stereocenters. The van der Waals surface area contributed by atoms with Gasteiger partial charge >= 0.3 is 5.97 Å². The van der Waals surface area contributed by atoms with Crippen LogP contribution in [0.4, 0.5) is 0 Å². The number of fused-ring (bicyclic) bond motifs is 5. The maximum Gasteiger partial charge on any atom is 0.338 e. The van der Waals surface area contributed by atoms with E-state index in [1.807, 2.05) is 13.0 Å². The van der Waals surface area contributed by atoms with E-state index in [1.54, 1.807) is 58.2 Å². The maximum atomic E-state index is 13.8. The molecule has 8 aliphatic rings. The van der Waals surface area contributed by atoms with Crippen molar-refractivity contribution in [3.63, 3.8) is 0 Å².